The van der Waals surface area contributed by atoms with E-state index in [4.69, 9.17) is 16.2 Å². The van der Waals surface area contributed by atoms with Gasteiger partial charge in [0, 0.05) is 5.56 Å². The number of aliphatic imine (C=N–C) groups is 2. The number of fused-ring (bicyclic) bond motifs is 1. The number of nitrogens with zero attached hydrogens (tertiary/aromatic N) is 4. The van der Waals surface area contributed by atoms with Crippen molar-refractivity contribution in [1.29, 1.82) is 0 Å². The minimum absolute atomic E-state index is 0.0291. The molecule has 0 bridgehead atoms. The minimum Gasteiger partial charge on any atom is -0.488 e. The smallest absolute Gasteiger partial charge is 0.417 e. The average molecular weight is 392 g/mol. The lowest BCUT2D eigenvalue weighted by atomic mass is 10.1. The number of aromatic nitrogens is 2. The minimum atomic E-state index is -4.55. The molecule has 2 heterocycles. The van der Waals surface area contributed by atoms with Crippen LogP contribution in [0.4, 0.5) is 19.0 Å². The van der Waals surface area contributed by atoms with Gasteiger partial charge in [0.25, 0.3) is 0 Å². The first kappa shape index (κ1) is 19.6. The van der Waals surface area contributed by atoms with Crippen LogP contribution in [-0.4, -0.2) is 28.4 Å². The standard InChI is InChI=1S/C18H19F3N6O/c1-10(22)24-17(23)27-16-14-13(8-4-5-9-28-14)25-15(26-16)11-6-2-3-7-12(11)18(19,20)21/h2-3,6-7H,4-5,8-9H2,1H3,(H4,22,23,24,25,26,27). The van der Waals surface area contributed by atoms with Crippen LogP contribution in [0.5, 0.6) is 5.75 Å². The average Bonchev–Trinajstić information content (AvgIpc) is 2.86. The topological polar surface area (TPSA) is 112 Å². The highest BCUT2D eigenvalue weighted by atomic mass is 19.4. The number of guanidine groups is 1. The first-order valence-electron chi connectivity index (χ1n) is 8.61. The maximum absolute atomic E-state index is 13.4. The van der Waals surface area contributed by atoms with E-state index in [1.807, 2.05) is 0 Å². The van der Waals surface area contributed by atoms with Crippen molar-refractivity contribution in [2.24, 2.45) is 21.5 Å². The van der Waals surface area contributed by atoms with Crippen molar-refractivity contribution in [3.63, 3.8) is 0 Å². The molecule has 0 aliphatic carbocycles. The Bertz CT molecular complexity index is 935. The summed E-state index contributed by atoms with van der Waals surface area (Å²) in [6.45, 7) is 1.96. The molecule has 1 aromatic heterocycles. The Kier molecular flexibility index (Phi) is 5.48. The molecule has 0 saturated carbocycles. The summed E-state index contributed by atoms with van der Waals surface area (Å²) in [7, 11) is 0. The number of rotatable bonds is 2. The predicted molar refractivity (Wildman–Crippen MR) is 99.5 cm³/mol. The summed E-state index contributed by atoms with van der Waals surface area (Å²) in [5.41, 5.74) is 10.8. The van der Waals surface area contributed by atoms with Gasteiger partial charge < -0.3 is 16.2 Å². The summed E-state index contributed by atoms with van der Waals surface area (Å²) in [6, 6.07) is 5.12. The lowest BCUT2D eigenvalue weighted by Gasteiger charge is -2.14. The molecule has 1 aliphatic heterocycles. The van der Waals surface area contributed by atoms with Crippen LogP contribution in [0.1, 0.15) is 31.0 Å². The quantitative estimate of drug-likeness (QED) is 0.602. The van der Waals surface area contributed by atoms with Gasteiger partial charge in [-0.15, -0.1) is 0 Å². The third-order valence-electron chi connectivity index (χ3n) is 3.96. The first-order valence-corrected chi connectivity index (χ1v) is 8.61. The number of hydrogen-bond donors (Lipinski definition) is 2. The molecule has 2 aromatic rings. The number of benzene rings is 1. The van der Waals surface area contributed by atoms with Gasteiger partial charge >= 0.3 is 6.18 Å². The van der Waals surface area contributed by atoms with E-state index in [1.54, 1.807) is 0 Å². The van der Waals surface area contributed by atoms with E-state index >= 15 is 0 Å². The van der Waals surface area contributed by atoms with Gasteiger partial charge in [-0.25, -0.2) is 15.0 Å². The SMILES string of the molecule is CC(N)=NC(N)=Nc1nc(-c2ccccc2C(F)(F)F)nc2c1OCCCC2. The lowest BCUT2D eigenvalue weighted by molar-refractivity contribution is -0.137. The lowest BCUT2D eigenvalue weighted by Crippen LogP contribution is -2.15. The molecule has 0 radical (unpaired) electrons. The Hall–Kier alpha value is -3.17. The van der Waals surface area contributed by atoms with Crippen LogP contribution in [0.25, 0.3) is 11.4 Å². The zero-order valence-electron chi connectivity index (χ0n) is 15.1. The highest BCUT2D eigenvalue weighted by Crippen LogP contribution is 2.39. The molecule has 3 rings (SSSR count). The summed E-state index contributed by atoms with van der Waals surface area (Å²) in [5, 5.41) is 0. The van der Waals surface area contributed by atoms with Crippen molar-refractivity contribution in [2.45, 2.75) is 32.4 Å². The van der Waals surface area contributed by atoms with Gasteiger partial charge in [0.1, 0.15) is 0 Å². The molecule has 28 heavy (non-hydrogen) atoms. The van der Waals surface area contributed by atoms with E-state index in [9.17, 15) is 13.2 Å². The van der Waals surface area contributed by atoms with Gasteiger partial charge in [0.05, 0.1) is 23.7 Å². The number of alkyl halides is 3. The van der Waals surface area contributed by atoms with Crippen LogP contribution in [0.2, 0.25) is 0 Å². The Morgan fingerprint density at radius 2 is 1.89 bits per heavy atom. The number of ether oxygens (including phenoxy) is 1. The van der Waals surface area contributed by atoms with E-state index in [-0.39, 0.29) is 29.0 Å². The molecule has 0 fully saturated rings. The van der Waals surface area contributed by atoms with Crippen molar-refractivity contribution in [3.8, 4) is 17.1 Å². The van der Waals surface area contributed by atoms with Gasteiger partial charge in [0.2, 0.25) is 11.8 Å². The summed E-state index contributed by atoms with van der Waals surface area (Å²) in [6.07, 6.45) is -2.46. The van der Waals surface area contributed by atoms with Crippen LogP contribution in [0, 0.1) is 0 Å². The molecule has 1 aliphatic rings. The molecular weight excluding hydrogens is 373 g/mol. The maximum Gasteiger partial charge on any atom is 0.417 e. The second-order valence-electron chi connectivity index (χ2n) is 6.22. The molecule has 4 N–H and O–H groups in total. The second-order valence-corrected chi connectivity index (χ2v) is 6.22. The number of amidine groups is 1. The van der Waals surface area contributed by atoms with Gasteiger partial charge in [-0.1, -0.05) is 18.2 Å². The molecule has 148 valence electrons. The molecule has 0 amide bonds. The van der Waals surface area contributed by atoms with E-state index in [2.05, 4.69) is 20.0 Å². The molecular formula is C18H19F3N6O. The zero-order chi connectivity index (χ0) is 20.3. The third kappa shape index (κ3) is 4.38. The summed E-state index contributed by atoms with van der Waals surface area (Å²) < 4.78 is 46.0. The van der Waals surface area contributed by atoms with E-state index < -0.39 is 11.7 Å². The largest absolute Gasteiger partial charge is 0.488 e. The van der Waals surface area contributed by atoms with Crippen molar-refractivity contribution in [3.05, 3.63) is 35.5 Å². The maximum atomic E-state index is 13.4. The van der Waals surface area contributed by atoms with Gasteiger partial charge in [-0.05, 0) is 32.3 Å². The predicted octanol–water partition coefficient (Wildman–Crippen LogP) is 3.20. The Balaban J connectivity index is 2.21. The molecule has 0 spiro atoms. The van der Waals surface area contributed by atoms with E-state index in [1.165, 1.54) is 25.1 Å². The summed E-state index contributed by atoms with van der Waals surface area (Å²) in [5.74, 6) is 0.242. The fourth-order valence-electron chi connectivity index (χ4n) is 2.81. The number of nitrogens with two attached hydrogens (primary N) is 2. The molecule has 0 atom stereocenters. The van der Waals surface area contributed by atoms with Crippen LogP contribution >= 0.6 is 0 Å². The Morgan fingerprint density at radius 3 is 2.61 bits per heavy atom. The summed E-state index contributed by atoms with van der Waals surface area (Å²) in [4.78, 5) is 16.5. The Labute approximate surface area is 159 Å². The second kappa shape index (κ2) is 7.83. The number of halogens is 3. The van der Waals surface area contributed by atoms with Crippen LogP contribution in [0.3, 0.4) is 0 Å². The van der Waals surface area contributed by atoms with Crippen LogP contribution < -0.4 is 16.2 Å². The van der Waals surface area contributed by atoms with Crippen LogP contribution in [0.15, 0.2) is 34.3 Å². The summed E-state index contributed by atoms with van der Waals surface area (Å²) >= 11 is 0. The molecule has 0 unspecified atom stereocenters. The molecule has 7 nitrogen and oxygen atoms in total. The van der Waals surface area contributed by atoms with Crippen LogP contribution in [-0.2, 0) is 12.6 Å². The fraction of sp³-hybridized carbons (Fsp3) is 0.333. The fourth-order valence-corrected chi connectivity index (χ4v) is 2.81. The monoisotopic (exact) mass is 392 g/mol. The van der Waals surface area contributed by atoms with Crippen molar-refractivity contribution < 1.29 is 17.9 Å². The third-order valence-corrected chi connectivity index (χ3v) is 3.96. The number of aryl methyl sites for hydroxylation is 1. The molecule has 10 heteroatoms. The highest BCUT2D eigenvalue weighted by Gasteiger charge is 2.34. The van der Waals surface area contributed by atoms with E-state index in [0.717, 1.165) is 18.9 Å². The molecule has 0 saturated heterocycles. The highest BCUT2D eigenvalue weighted by molar-refractivity contribution is 5.94. The normalized spacial score (nSPS) is 15.6. The number of hydrogen-bond acceptors (Lipinski definition) is 4. The van der Waals surface area contributed by atoms with Gasteiger partial charge in [-0.2, -0.15) is 18.2 Å². The van der Waals surface area contributed by atoms with E-state index in [0.29, 0.717) is 24.5 Å². The van der Waals surface area contributed by atoms with Crippen molar-refractivity contribution in [2.75, 3.05) is 6.61 Å². The van der Waals surface area contributed by atoms with Gasteiger partial charge in [0.15, 0.2) is 11.6 Å². The zero-order valence-corrected chi connectivity index (χ0v) is 15.1. The van der Waals surface area contributed by atoms with Crippen molar-refractivity contribution >= 4 is 17.6 Å². The first-order chi connectivity index (χ1) is 13.3. The molecule has 1 aromatic carbocycles. The van der Waals surface area contributed by atoms with Crippen molar-refractivity contribution in [1.82, 2.24) is 9.97 Å². The Morgan fingerprint density at radius 1 is 1.14 bits per heavy atom. The van der Waals surface area contributed by atoms with Gasteiger partial charge in [-0.3, -0.25) is 0 Å².